The fourth-order valence-electron chi connectivity index (χ4n) is 3.78. The third kappa shape index (κ3) is 5.34. The second-order valence-electron chi connectivity index (χ2n) is 6.88. The second-order valence-corrected chi connectivity index (χ2v) is 9.29. The van der Waals surface area contributed by atoms with Crippen LogP contribution in [0, 0.1) is 0 Å². The van der Waals surface area contributed by atoms with Gasteiger partial charge in [-0.05, 0) is 65.2 Å². The first-order valence-corrected chi connectivity index (χ1v) is 10.6. The fraction of sp³-hybridized carbons (Fsp3) is 0.882. The topological polar surface area (TPSA) is 6.48 Å². The molecule has 0 N–H and O–H groups in total. The number of likely N-dealkylation sites (tertiary alicyclic amines) is 2. The van der Waals surface area contributed by atoms with Crippen molar-refractivity contribution in [2.24, 2.45) is 0 Å². The van der Waals surface area contributed by atoms with Crippen LogP contribution in [0.5, 0.6) is 0 Å². The van der Waals surface area contributed by atoms with E-state index in [0.29, 0.717) is 0 Å². The molecule has 0 bridgehead atoms. The van der Waals surface area contributed by atoms with E-state index in [1.54, 1.807) is 0 Å². The van der Waals surface area contributed by atoms with Crippen LogP contribution in [0.15, 0.2) is 11.8 Å². The van der Waals surface area contributed by atoms with E-state index in [1.165, 1.54) is 88.8 Å². The lowest BCUT2D eigenvalue weighted by Gasteiger charge is -2.43. The predicted molar refractivity (Wildman–Crippen MR) is 92.0 cm³/mol. The van der Waals surface area contributed by atoms with Gasteiger partial charge in [-0.2, -0.15) is 0 Å². The monoisotopic (exact) mass is 294 g/mol. The molecule has 0 aromatic heterocycles. The molecule has 0 radical (unpaired) electrons. The van der Waals surface area contributed by atoms with Crippen LogP contribution in [0.2, 0.25) is 6.04 Å². The van der Waals surface area contributed by atoms with E-state index in [4.69, 9.17) is 0 Å². The Hall–Kier alpha value is -0.123. The number of rotatable bonds is 7. The summed E-state index contributed by atoms with van der Waals surface area (Å²) in [5.41, 5.74) is 0. The van der Waals surface area contributed by atoms with Gasteiger partial charge in [0.1, 0.15) is 0 Å². The Balaban J connectivity index is 1.83. The lowest BCUT2D eigenvalue weighted by atomic mass is 10.1. The van der Waals surface area contributed by atoms with Crippen molar-refractivity contribution < 1.29 is 0 Å². The predicted octanol–water partition coefficient (Wildman–Crippen LogP) is 3.19. The first-order chi connectivity index (χ1) is 9.77. The van der Waals surface area contributed by atoms with Crippen molar-refractivity contribution in [2.75, 3.05) is 26.2 Å². The number of allylic oxidation sites excluding steroid dienone is 1. The largest absolute Gasteiger partial charge is 0.288 e. The molecule has 2 aliphatic rings. The number of hydrogen-bond donors (Lipinski definition) is 0. The molecule has 0 aromatic carbocycles. The van der Waals surface area contributed by atoms with Gasteiger partial charge in [0.15, 0.2) is 0 Å². The van der Waals surface area contributed by atoms with Gasteiger partial charge in [-0.25, -0.2) is 0 Å². The Kier molecular flexibility index (Phi) is 7.32. The van der Waals surface area contributed by atoms with Gasteiger partial charge in [-0.3, -0.25) is 9.80 Å². The molecule has 2 heterocycles. The molecule has 2 saturated heterocycles. The molecule has 116 valence electrons. The lowest BCUT2D eigenvalue weighted by molar-refractivity contribution is 0.0115. The lowest BCUT2D eigenvalue weighted by Crippen LogP contribution is -2.51. The average Bonchev–Trinajstić information content (AvgIpc) is 2.49. The highest BCUT2D eigenvalue weighted by Gasteiger charge is 2.26. The van der Waals surface area contributed by atoms with Crippen molar-refractivity contribution in [2.45, 2.75) is 70.5 Å². The van der Waals surface area contributed by atoms with Gasteiger partial charge in [0, 0.05) is 9.52 Å². The molecule has 2 rings (SSSR count). The zero-order chi connectivity index (χ0) is 14.2. The Morgan fingerprint density at radius 1 is 0.950 bits per heavy atom. The third-order valence-electron chi connectivity index (χ3n) is 4.94. The van der Waals surface area contributed by atoms with Gasteiger partial charge in [0.05, 0.1) is 6.17 Å². The second kappa shape index (κ2) is 9.01. The van der Waals surface area contributed by atoms with Gasteiger partial charge < -0.3 is 0 Å². The van der Waals surface area contributed by atoms with Gasteiger partial charge in [-0.1, -0.05) is 30.5 Å². The van der Waals surface area contributed by atoms with E-state index in [0.717, 1.165) is 6.17 Å². The van der Waals surface area contributed by atoms with Crippen molar-refractivity contribution in [1.82, 2.24) is 9.80 Å². The Morgan fingerprint density at radius 2 is 1.45 bits per heavy atom. The summed E-state index contributed by atoms with van der Waals surface area (Å²) in [6, 6.07) is 1.47. The summed E-state index contributed by atoms with van der Waals surface area (Å²) >= 11 is 0. The van der Waals surface area contributed by atoms with E-state index >= 15 is 0 Å². The van der Waals surface area contributed by atoms with Crippen molar-refractivity contribution in [3.05, 3.63) is 11.8 Å². The molecule has 0 amide bonds. The SMILES string of the molecule is C=C(C)[SiH2]CCCC(N1CCCCC1)N1CCCCC1. The minimum atomic E-state index is 0.0149. The van der Waals surface area contributed by atoms with Crippen LogP contribution in [0.1, 0.15) is 58.3 Å². The molecule has 0 saturated carbocycles. The standard InChI is InChI=1S/C17H34N2Si/c1-16(2)20-15-9-10-17(18-11-5-3-6-12-18)19-13-7-4-8-14-19/h17H,1,3-15,20H2,2H3. The zero-order valence-electron chi connectivity index (χ0n) is 13.6. The van der Waals surface area contributed by atoms with Crippen LogP contribution < -0.4 is 0 Å². The molecule has 2 fully saturated rings. The summed E-state index contributed by atoms with van der Waals surface area (Å²) in [6.07, 6.45) is 12.2. The Labute approximate surface area is 128 Å². The minimum Gasteiger partial charge on any atom is -0.288 e. The van der Waals surface area contributed by atoms with Crippen LogP contribution in [0.3, 0.4) is 0 Å². The van der Waals surface area contributed by atoms with E-state index in [9.17, 15) is 0 Å². The van der Waals surface area contributed by atoms with E-state index in [2.05, 4.69) is 23.3 Å². The molecule has 20 heavy (non-hydrogen) atoms. The fourth-order valence-corrected chi connectivity index (χ4v) is 4.92. The average molecular weight is 295 g/mol. The van der Waals surface area contributed by atoms with Crippen LogP contribution in [0.25, 0.3) is 0 Å². The molecule has 0 unspecified atom stereocenters. The van der Waals surface area contributed by atoms with Gasteiger partial charge in [0.25, 0.3) is 0 Å². The summed E-state index contributed by atoms with van der Waals surface area (Å²) < 4.78 is 0. The normalized spacial score (nSPS) is 22.9. The highest BCUT2D eigenvalue weighted by atomic mass is 28.2. The summed E-state index contributed by atoms with van der Waals surface area (Å²) in [7, 11) is 0.0149. The zero-order valence-corrected chi connectivity index (χ0v) is 15.0. The van der Waals surface area contributed by atoms with E-state index in [-0.39, 0.29) is 9.52 Å². The first kappa shape index (κ1) is 16.3. The van der Waals surface area contributed by atoms with E-state index < -0.39 is 0 Å². The van der Waals surface area contributed by atoms with E-state index in [1.807, 2.05) is 0 Å². The molecule has 3 heteroatoms. The van der Waals surface area contributed by atoms with Crippen LogP contribution in [-0.4, -0.2) is 51.7 Å². The third-order valence-corrected chi connectivity index (χ3v) is 6.65. The van der Waals surface area contributed by atoms with Crippen molar-refractivity contribution in [3.8, 4) is 0 Å². The highest BCUT2D eigenvalue weighted by Crippen LogP contribution is 2.22. The number of piperidine rings is 2. The first-order valence-electron chi connectivity index (χ1n) is 8.90. The van der Waals surface area contributed by atoms with Crippen LogP contribution >= 0.6 is 0 Å². The Morgan fingerprint density at radius 3 is 1.90 bits per heavy atom. The maximum atomic E-state index is 4.09. The number of hydrogen-bond acceptors (Lipinski definition) is 2. The van der Waals surface area contributed by atoms with Crippen LogP contribution in [0.4, 0.5) is 0 Å². The van der Waals surface area contributed by atoms with Gasteiger partial charge in [0.2, 0.25) is 0 Å². The maximum absolute atomic E-state index is 4.09. The minimum absolute atomic E-state index is 0.0149. The summed E-state index contributed by atoms with van der Waals surface area (Å²) in [4.78, 5) is 5.61. The Bertz CT molecular complexity index is 263. The highest BCUT2D eigenvalue weighted by molar-refractivity contribution is 6.44. The summed E-state index contributed by atoms with van der Waals surface area (Å²) in [5, 5.41) is 1.48. The molecule has 2 nitrogen and oxygen atoms in total. The summed E-state index contributed by atoms with van der Waals surface area (Å²) in [5.74, 6) is 0. The number of nitrogens with zero attached hydrogens (tertiary/aromatic N) is 2. The van der Waals surface area contributed by atoms with Crippen LogP contribution in [-0.2, 0) is 0 Å². The molecule has 0 aliphatic carbocycles. The maximum Gasteiger partial charge on any atom is 0.0622 e. The van der Waals surface area contributed by atoms with Gasteiger partial charge >= 0.3 is 0 Å². The molecular formula is C17H34N2Si. The molecule has 0 aromatic rings. The smallest absolute Gasteiger partial charge is 0.0622 e. The molecule has 0 atom stereocenters. The van der Waals surface area contributed by atoms with Gasteiger partial charge in [-0.15, -0.1) is 6.58 Å². The van der Waals surface area contributed by atoms with Crippen molar-refractivity contribution in [3.63, 3.8) is 0 Å². The molecule has 0 spiro atoms. The van der Waals surface area contributed by atoms with Crippen molar-refractivity contribution >= 4 is 9.52 Å². The molecule has 2 aliphatic heterocycles. The summed E-state index contributed by atoms with van der Waals surface area (Å²) in [6.45, 7) is 11.7. The molecular weight excluding hydrogens is 260 g/mol. The quantitative estimate of drug-likeness (QED) is 0.525. The van der Waals surface area contributed by atoms with Crippen molar-refractivity contribution in [1.29, 1.82) is 0 Å².